The molecule has 0 saturated carbocycles. The van der Waals surface area contributed by atoms with Gasteiger partial charge in [0.25, 0.3) is 11.6 Å². The number of aryl methyl sites for hydroxylation is 1. The highest BCUT2D eigenvalue weighted by molar-refractivity contribution is 5.94. The summed E-state index contributed by atoms with van der Waals surface area (Å²) in [6.45, 7) is 1.90. The number of pyridine rings is 1. The van der Waals surface area contributed by atoms with Gasteiger partial charge in [-0.25, -0.2) is 4.98 Å². The Morgan fingerprint density at radius 1 is 1.36 bits per heavy atom. The molecular weight excluding hydrogens is 286 g/mol. The molecule has 1 N–H and O–H groups in total. The maximum absolute atomic E-state index is 12.0. The first-order valence-corrected chi connectivity index (χ1v) is 6.53. The van der Waals surface area contributed by atoms with E-state index in [0.29, 0.717) is 11.4 Å². The van der Waals surface area contributed by atoms with Crippen molar-refractivity contribution < 1.29 is 14.5 Å². The highest BCUT2D eigenvalue weighted by Crippen LogP contribution is 2.19. The van der Waals surface area contributed by atoms with Gasteiger partial charge in [-0.15, -0.1) is 0 Å². The number of nitro groups is 1. The highest BCUT2D eigenvalue weighted by atomic mass is 16.6. The van der Waals surface area contributed by atoms with E-state index in [2.05, 4.69) is 10.3 Å². The topological polar surface area (TPSA) is 94.4 Å². The van der Waals surface area contributed by atoms with Crippen LogP contribution in [0.2, 0.25) is 0 Å². The zero-order chi connectivity index (χ0) is 16.1. The predicted molar refractivity (Wildman–Crippen MR) is 79.8 cm³/mol. The number of hydrogen-bond donors (Lipinski definition) is 1. The van der Waals surface area contributed by atoms with Crippen molar-refractivity contribution in [2.24, 2.45) is 0 Å². The van der Waals surface area contributed by atoms with Crippen LogP contribution in [0.25, 0.3) is 0 Å². The van der Waals surface area contributed by atoms with Crippen LogP contribution in [0.1, 0.15) is 21.5 Å². The number of carbonyl (C=O) groups excluding carboxylic acids is 1. The maximum atomic E-state index is 12.0. The minimum absolute atomic E-state index is 0.0706. The second-order valence-electron chi connectivity index (χ2n) is 4.65. The van der Waals surface area contributed by atoms with Gasteiger partial charge in [-0.1, -0.05) is 12.1 Å². The second-order valence-corrected chi connectivity index (χ2v) is 4.65. The van der Waals surface area contributed by atoms with Gasteiger partial charge in [0.2, 0.25) is 5.88 Å². The summed E-state index contributed by atoms with van der Waals surface area (Å²) in [5, 5.41) is 13.6. The number of carbonyl (C=O) groups is 1. The molecule has 0 aliphatic rings. The van der Waals surface area contributed by atoms with Crippen molar-refractivity contribution in [1.82, 2.24) is 10.3 Å². The van der Waals surface area contributed by atoms with E-state index in [1.54, 1.807) is 37.4 Å². The third-order valence-electron chi connectivity index (χ3n) is 3.13. The van der Waals surface area contributed by atoms with Crippen molar-refractivity contribution in [1.29, 1.82) is 0 Å². The molecule has 0 fully saturated rings. The van der Waals surface area contributed by atoms with Crippen LogP contribution in [0.3, 0.4) is 0 Å². The summed E-state index contributed by atoms with van der Waals surface area (Å²) in [4.78, 5) is 26.5. The standard InChI is InChI=1S/C15H15N3O4/c1-10-3-5-12(7-13(10)18(20)21)15(19)17-9-11-4-6-14(22-2)16-8-11/h3-8H,9H2,1-2H3,(H,17,19). The van der Waals surface area contributed by atoms with Gasteiger partial charge in [-0.05, 0) is 18.6 Å². The van der Waals surface area contributed by atoms with Crippen LogP contribution >= 0.6 is 0 Å². The fourth-order valence-electron chi connectivity index (χ4n) is 1.87. The minimum atomic E-state index is -0.500. The van der Waals surface area contributed by atoms with Crippen molar-refractivity contribution in [3.63, 3.8) is 0 Å². The Morgan fingerprint density at radius 2 is 2.14 bits per heavy atom. The Morgan fingerprint density at radius 3 is 2.73 bits per heavy atom. The van der Waals surface area contributed by atoms with Gasteiger partial charge in [0.05, 0.1) is 12.0 Å². The number of methoxy groups -OCH3 is 1. The largest absolute Gasteiger partial charge is 0.481 e. The molecule has 0 bridgehead atoms. The third-order valence-corrected chi connectivity index (χ3v) is 3.13. The first kappa shape index (κ1) is 15.4. The molecule has 114 valence electrons. The Bertz CT molecular complexity index is 698. The van der Waals surface area contributed by atoms with Crippen LogP contribution in [0.5, 0.6) is 5.88 Å². The lowest BCUT2D eigenvalue weighted by Gasteiger charge is -2.06. The average molecular weight is 301 g/mol. The lowest BCUT2D eigenvalue weighted by Crippen LogP contribution is -2.23. The van der Waals surface area contributed by atoms with Gasteiger partial charge in [-0.2, -0.15) is 0 Å². The first-order chi connectivity index (χ1) is 10.5. The number of ether oxygens (including phenoxy) is 1. The van der Waals surface area contributed by atoms with Crippen molar-refractivity contribution in [3.8, 4) is 5.88 Å². The van der Waals surface area contributed by atoms with Gasteiger partial charge in [0, 0.05) is 36.0 Å². The lowest BCUT2D eigenvalue weighted by molar-refractivity contribution is -0.385. The molecule has 22 heavy (non-hydrogen) atoms. The number of amides is 1. The van der Waals surface area contributed by atoms with E-state index >= 15 is 0 Å². The minimum Gasteiger partial charge on any atom is -0.481 e. The summed E-state index contributed by atoms with van der Waals surface area (Å²) in [6, 6.07) is 7.87. The smallest absolute Gasteiger partial charge is 0.273 e. The molecule has 0 radical (unpaired) electrons. The molecule has 2 aromatic rings. The van der Waals surface area contributed by atoms with Crippen molar-refractivity contribution in [3.05, 3.63) is 63.3 Å². The molecule has 0 atom stereocenters. The van der Waals surface area contributed by atoms with E-state index in [9.17, 15) is 14.9 Å². The van der Waals surface area contributed by atoms with Crippen LogP contribution in [-0.2, 0) is 6.54 Å². The molecule has 1 aromatic carbocycles. The van der Waals surface area contributed by atoms with Crippen molar-refractivity contribution >= 4 is 11.6 Å². The van der Waals surface area contributed by atoms with Crippen LogP contribution in [-0.4, -0.2) is 22.9 Å². The van der Waals surface area contributed by atoms with E-state index < -0.39 is 4.92 Å². The van der Waals surface area contributed by atoms with E-state index in [0.717, 1.165) is 5.56 Å². The zero-order valence-corrected chi connectivity index (χ0v) is 12.2. The first-order valence-electron chi connectivity index (χ1n) is 6.53. The van der Waals surface area contributed by atoms with Gasteiger partial charge in [0.15, 0.2) is 0 Å². The van der Waals surface area contributed by atoms with Gasteiger partial charge in [-0.3, -0.25) is 14.9 Å². The lowest BCUT2D eigenvalue weighted by atomic mass is 10.1. The number of nitrogens with zero attached hydrogens (tertiary/aromatic N) is 2. The summed E-state index contributed by atoms with van der Waals surface area (Å²) < 4.78 is 4.95. The molecule has 7 nitrogen and oxygen atoms in total. The zero-order valence-electron chi connectivity index (χ0n) is 12.2. The van der Waals surface area contributed by atoms with E-state index in [1.165, 1.54) is 13.2 Å². The molecule has 1 aromatic heterocycles. The molecule has 7 heteroatoms. The third kappa shape index (κ3) is 3.57. The van der Waals surface area contributed by atoms with Crippen LogP contribution in [0.15, 0.2) is 36.5 Å². The maximum Gasteiger partial charge on any atom is 0.273 e. The highest BCUT2D eigenvalue weighted by Gasteiger charge is 2.14. The molecule has 0 saturated heterocycles. The normalized spacial score (nSPS) is 10.1. The monoisotopic (exact) mass is 301 g/mol. The second kappa shape index (κ2) is 6.66. The molecule has 0 spiro atoms. The molecule has 1 heterocycles. The number of rotatable bonds is 5. The predicted octanol–water partition coefficient (Wildman–Crippen LogP) is 2.24. The summed E-state index contributed by atoms with van der Waals surface area (Å²) in [7, 11) is 1.52. The average Bonchev–Trinajstić information content (AvgIpc) is 2.53. The fraction of sp³-hybridized carbons (Fsp3) is 0.200. The number of benzene rings is 1. The number of nitrogens with one attached hydrogen (secondary N) is 1. The fourth-order valence-corrected chi connectivity index (χ4v) is 1.87. The SMILES string of the molecule is COc1ccc(CNC(=O)c2ccc(C)c([N+](=O)[O-])c2)cn1. The summed E-state index contributed by atoms with van der Waals surface area (Å²) in [6.07, 6.45) is 1.59. The van der Waals surface area contributed by atoms with Crippen molar-refractivity contribution in [2.45, 2.75) is 13.5 Å². The quantitative estimate of drug-likeness (QED) is 0.675. The number of nitro benzene ring substituents is 1. The van der Waals surface area contributed by atoms with Crippen molar-refractivity contribution in [2.75, 3.05) is 7.11 Å². The Balaban J connectivity index is 2.05. The Hall–Kier alpha value is -2.96. The van der Waals surface area contributed by atoms with Crippen LogP contribution in [0.4, 0.5) is 5.69 Å². The Labute approximate surface area is 127 Å². The molecule has 0 aliphatic carbocycles. The molecule has 2 rings (SSSR count). The van der Waals surface area contributed by atoms with E-state index in [4.69, 9.17) is 4.74 Å². The number of hydrogen-bond acceptors (Lipinski definition) is 5. The molecule has 1 amide bonds. The molecular formula is C15H15N3O4. The summed E-state index contributed by atoms with van der Waals surface area (Å²) >= 11 is 0. The molecule has 0 aliphatic heterocycles. The van der Waals surface area contributed by atoms with Gasteiger partial charge >= 0.3 is 0 Å². The number of aromatic nitrogens is 1. The van der Waals surface area contributed by atoms with Crippen LogP contribution < -0.4 is 10.1 Å². The van der Waals surface area contributed by atoms with Gasteiger partial charge < -0.3 is 10.1 Å². The summed E-state index contributed by atoms with van der Waals surface area (Å²) in [5.41, 5.74) is 1.49. The van der Waals surface area contributed by atoms with Gasteiger partial charge in [0.1, 0.15) is 0 Å². The van der Waals surface area contributed by atoms with Crippen LogP contribution in [0, 0.1) is 17.0 Å². The summed E-state index contributed by atoms with van der Waals surface area (Å²) in [5.74, 6) is 0.114. The van der Waals surface area contributed by atoms with E-state index in [-0.39, 0.29) is 23.7 Å². The molecule has 0 unspecified atom stereocenters. The van der Waals surface area contributed by atoms with E-state index in [1.807, 2.05) is 0 Å². The Kier molecular flexibility index (Phi) is 4.67.